The Labute approximate surface area is 263 Å². The molecule has 0 fully saturated rings. The van der Waals surface area contributed by atoms with Gasteiger partial charge >= 0.3 is 0 Å². The second kappa shape index (κ2) is 12.4. The van der Waals surface area contributed by atoms with Crippen LogP contribution in [0.4, 0.5) is 0 Å². The molecular formula is C38H28Br2O2. The molecule has 0 amide bonds. The van der Waals surface area contributed by atoms with Crippen molar-refractivity contribution in [2.45, 2.75) is 0 Å². The van der Waals surface area contributed by atoms with Crippen molar-refractivity contribution in [1.29, 1.82) is 0 Å². The van der Waals surface area contributed by atoms with Crippen LogP contribution in [0.25, 0.3) is 57.0 Å². The summed E-state index contributed by atoms with van der Waals surface area (Å²) in [5, 5.41) is 4.76. The van der Waals surface area contributed by atoms with Crippen LogP contribution in [0.5, 0.6) is 11.5 Å². The van der Waals surface area contributed by atoms with Crippen molar-refractivity contribution in [3.63, 3.8) is 0 Å². The lowest BCUT2D eigenvalue weighted by molar-refractivity contribution is 0.414. The van der Waals surface area contributed by atoms with Gasteiger partial charge in [-0.05, 0) is 103 Å². The minimum Gasteiger partial charge on any atom is -0.497 e. The fraction of sp³-hybridized carbons (Fsp3) is 0.0526. The Morgan fingerprint density at radius 1 is 0.452 bits per heavy atom. The first-order valence-corrected chi connectivity index (χ1v) is 15.2. The SMILES string of the molecule is COc1ccc(/C=C\c2ccc3cc(Br)ccc3c2-c2c(/C=C\c3ccc(OC)cc3)ccc3cc(Br)ccc23)cc1. The van der Waals surface area contributed by atoms with Gasteiger partial charge in [0.05, 0.1) is 14.2 Å². The molecule has 0 bridgehead atoms. The van der Waals surface area contributed by atoms with Crippen LogP contribution in [0.15, 0.2) is 118 Å². The third-order valence-electron chi connectivity index (χ3n) is 7.42. The first-order chi connectivity index (χ1) is 20.5. The molecule has 206 valence electrons. The second-order valence-corrected chi connectivity index (χ2v) is 11.8. The van der Waals surface area contributed by atoms with Crippen molar-refractivity contribution in [2.75, 3.05) is 14.2 Å². The normalized spacial score (nSPS) is 11.6. The Kier molecular flexibility index (Phi) is 8.27. The Hall–Kier alpha value is -4.12. The van der Waals surface area contributed by atoms with Crippen LogP contribution in [0.1, 0.15) is 22.3 Å². The van der Waals surface area contributed by atoms with E-state index < -0.39 is 0 Å². The predicted octanol–water partition coefficient (Wildman–Crippen LogP) is 11.5. The Bertz CT molecular complexity index is 1810. The predicted molar refractivity (Wildman–Crippen MR) is 186 cm³/mol. The Morgan fingerprint density at radius 3 is 1.24 bits per heavy atom. The highest BCUT2D eigenvalue weighted by Crippen LogP contribution is 2.41. The number of halogens is 2. The highest BCUT2D eigenvalue weighted by atomic mass is 79.9. The van der Waals surface area contributed by atoms with Crippen molar-refractivity contribution in [3.8, 4) is 22.6 Å². The van der Waals surface area contributed by atoms with Gasteiger partial charge in [0.1, 0.15) is 11.5 Å². The van der Waals surface area contributed by atoms with Crippen molar-refractivity contribution in [1.82, 2.24) is 0 Å². The van der Waals surface area contributed by atoms with E-state index in [0.29, 0.717) is 0 Å². The molecular weight excluding hydrogens is 648 g/mol. The zero-order valence-electron chi connectivity index (χ0n) is 23.3. The molecule has 0 saturated carbocycles. The third-order valence-corrected chi connectivity index (χ3v) is 8.41. The van der Waals surface area contributed by atoms with Gasteiger partial charge in [0, 0.05) is 8.95 Å². The summed E-state index contributed by atoms with van der Waals surface area (Å²) in [6.07, 6.45) is 8.76. The Morgan fingerprint density at radius 2 is 0.857 bits per heavy atom. The zero-order chi connectivity index (χ0) is 29.1. The maximum Gasteiger partial charge on any atom is 0.118 e. The number of benzene rings is 6. The van der Waals surface area contributed by atoms with Gasteiger partial charge in [-0.2, -0.15) is 0 Å². The quantitative estimate of drug-likeness (QED) is 0.157. The summed E-state index contributed by atoms with van der Waals surface area (Å²) in [5.74, 6) is 1.69. The molecule has 0 aromatic heterocycles. The zero-order valence-corrected chi connectivity index (χ0v) is 26.4. The lowest BCUT2D eigenvalue weighted by atomic mass is 9.86. The number of methoxy groups -OCH3 is 2. The van der Waals surface area contributed by atoms with Gasteiger partial charge in [0.15, 0.2) is 0 Å². The number of hydrogen-bond donors (Lipinski definition) is 0. The summed E-state index contributed by atoms with van der Waals surface area (Å²) in [5.41, 5.74) is 6.92. The molecule has 0 spiro atoms. The lowest BCUT2D eigenvalue weighted by Crippen LogP contribution is -1.92. The summed E-state index contributed by atoms with van der Waals surface area (Å²) in [6, 6.07) is 38.1. The summed E-state index contributed by atoms with van der Waals surface area (Å²) in [6.45, 7) is 0. The van der Waals surface area contributed by atoms with E-state index in [9.17, 15) is 0 Å². The second-order valence-electron chi connectivity index (χ2n) is 10.0. The molecule has 0 aliphatic heterocycles. The van der Waals surface area contributed by atoms with Crippen LogP contribution < -0.4 is 9.47 Å². The fourth-order valence-electron chi connectivity index (χ4n) is 5.27. The summed E-state index contributed by atoms with van der Waals surface area (Å²) in [7, 11) is 3.38. The van der Waals surface area contributed by atoms with Crippen LogP contribution in [0.2, 0.25) is 0 Å². The van der Waals surface area contributed by atoms with Gasteiger partial charge < -0.3 is 9.47 Å². The maximum atomic E-state index is 5.35. The molecule has 6 rings (SSSR count). The van der Waals surface area contributed by atoms with Crippen molar-refractivity contribution < 1.29 is 9.47 Å². The van der Waals surface area contributed by atoms with Crippen molar-refractivity contribution in [2.24, 2.45) is 0 Å². The van der Waals surface area contributed by atoms with Gasteiger partial charge in [0.25, 0.3) is 0 Å². The summed E-state index contributed by atoms with van der Waals surface area (Å²) in [4.78, 5) is 0. The van der Waals surface area contributed by atoms with Crippen LogP contribution in [0, 0.1) is 0 Å². The van der Waals surface area contributed by atoms with E-state index in [4.69, 9.17) is 9.47 Å². The van der Waals surface area contributed by atoms with E-state index in [2.05, 4.69) is 141 Å². The molecule has 0 unspecified atom stereocenters. The van der Waals surface area contributed by atoms with Gasteiger partial charge in [-0.15, -0.1) is 0 Å². The minimum absolute atomic E-state index is 0.847. The first-order valence-electron chi connectivity index (χ1n) is 13.6. The average Bonchev–Trinajstić information content (AvgIpc) is 3.02. The molecule has 0 N–H and O–H groups in total. The van der Waals surface area contributed by atoms with Gasteiger partial charge in [-0.1, -0.05) is 117 Å². The molecule has 6 aromatic rings. The van der Waals surface area contributed by atoms with Gasteiger partial charge in [-0.3, -0.25) is 0 Å². The Balaban J connectivity index is 1.59. The van der Waals surface area contributed by atoms with E-state index in [1.807, 2.05) is 24.3 Å². The fourth-order valence-corrected chi connectivity index (χ4v) is 6.03. The highest BCUT2D eigenvalue weighted by molar-refractivity contribution is 9.10. The molecule has 0 radical (unpaired) electrons. The van der Waals surface area contributed by atoms with Crippen molar-refractivity contribution in [3.05, 3.63) is 140 Å². The molecule has 2 nitrogen and oxygen atoms in total. The maximum absolute atomic E-state index is 5.35. The molecule has 0 aliphatic rings. The molecule has 0 atom stereocenters. The largest absolute Gasteiger partial charge is 0.497 e. The minimum atomic E-state index is 0.847. The molecule has 42 heavy (non-hydrogen) atoms. The molecule has 0 aliphatic carbocycles. The third kappa shape index (κ3) is 5.92. The topological polar surface area (TPSA) is 18.5 Å². The van der Waals surface area contributed by atoms with Crippen LogP contribution in [-0.2, 0) is 0 Å². The number of fused-ring (bicyclic) bond motifs is 2. The lowest BCUT2D eigenvalue weighted by Gasteiger charge is -2.17. The number of hydrogen-bond acceptors (Lipinski definition) is 2. The summed E-state index contributed by atoms with van der Waals surface area (Å²) >= 11 is 7.36. The smallest absolute Gasteiger partial charge is 0.118 e. The van der Waals surface area contributed by atoms with E-state index >= 15 is 0 Å². The molecule has 0 heterocycles. The van der Waals surface area contributed by atoms with Crippen LogP contribution in [0.3, 0.4) is 0 Å². The number of ether oxygens (including phenoxy) is 2. The first kappa shape index (κ1) is 28.0. The van der Waals surface area contributed by atoms with E-state index in [-0.39, 0.29) is 0 Å². The standard InChI is InChI=1S/C38H28Br2O2/c1-41-33-17-5-25(6-18-33)3-9-27-11-13-29-23-31(39)15-21-35(29)37(27)38-28(10-4-26-7-19-34(42-2)20-8-26)12-14-30-24-32(40)16-22-36(30)38/h3-24H,1-2H3/b9-3-,10-4-. The monoisotopic (exact) mass is 674 g/mol. The van der Waals surface area contributed by atoms with E-state index in [1.165, 1.54) is 32.7 Å². The summed E-state index contributed by atoms with van der Waals surface area (Å²) < 4.78 is 12.8. The van der Waals surface area contributed by atoms with E-state index in [0.717, 1.165) is 42.7 Å². The van der Waals surface area contributed by atoms with Gasteiger partial charge in [-0.25, -0.2) is 0 Å². The van der Waals surface area contributed by atoms with E-state index in [1.54, 1.807) is 14.2 Å². The van der Waals surface area contributed by atoms with Crippen LogP contribution in [-0.4, -0.2) is 14.2 Å². The number of rotatable bonds is 7. The molecule has 0 saturated heterocycles. The van der Waals surface area contributed by atoms with Crippen LogP contribution >= 0.6 is 31.9 Å². The van der Waals surface area contributed by atoms with Gasteiger partial charge in [0.2, 0.25) is 0 Å². The average molecular weight is 676 g/mol. The van der Waals surface area contributed by atoms with Crippen molar-refractivity contribution >= 4 is 77.7 Å². The molecule has 6 aromatic carbocycles. The molecule has 4 heteroatoms. The highest BCUT2D eigenvalue weighted by Gasteiger charge is 2.16.